The second-order valence-corrected chi connectivity index (χ2v) is 6.47. The highest BCUT2D eigenvalue weighted by molar-refractivity contribution is 5.99. The normalized spacial score (nSPS) is 17.2. The molecule has 1 N–H and O–H groups in total. The Labute approximate surface area is 151 Å². The van der Waals surface area contributed by atoms with E-state index in [9.17, 15) is 9.59 Å². The number of piperazine rings is 1. The molecule has 2 amide bonds. The van der Waals surface area contributed by atoms with Crippen LogP contribution in [-0.4, -0.2) is 59.4 Å². The van der Waals surface area contributed by atoms with Crippen molar-refractivity contribution in [1.29, 1.82) is 0 Å². The predicted octanol–water partition coefficient (Wildman–Crippen LogP) is 1.37. The largest absolute Gasteiger partial charge is 0.482 e. The number of pyridine rings is 1. The van der Waals surface area contributed by atoms with Gasteiger partial charge in [-0.3, -0.25) is 19.5 Å². The van der Waals surface area contributed by atoms with Crippen LogP contribution in [0.25, 0.3) is 0 Å². The molecule has 26 heavy (non-hydrogen) atoms. The van der Waals surface area contributed by atoms with Gasteiger partial charge in [0.2, 0.25) is 0 Å². The molecule has 0 saturated carbocycles. The summed E-state index contributed by atoms with van der Waals surface area (Å²) in [4.78, 5) is 32.5. The van der Waals surface area contributed by atoms with Crippen LogP contribution >= 0.6 is 0 Å². The van der Waals surface area contributed by atoms with E-state index in [0.717, 1.165) is 19.6 Å². The van der Waals surface area contributed by atoms with E-state index < -0.39 is 0 Å². The van der Waals surface area contributed by atoms with E-state index in [1.54, 1.807) is 30.6 Å². The van der Waals surface area contributed by atoms with Gasteiger partial charge in [-0.15, -0.1) is 0 Å². The summed E-state index contributed by atoms with van der Waals surface area (Å²) in [5, 5.41) is 2.74. The summed E-state index contributed by atoms with van der Waals surface area (Å²) < 4.78 is 5.34. The van der Waals surface area contributed by atoms with Gasteiger partial charge in [-0.05, 0) is 35.9 Å². The van der Waals surface area contributed by atoms with Gasteiger partial charge >= 0.3 is 0 Å². The minimum absolute atomic E-state index is 0.0136. The smallest absolute Gasteiger partial charge is 0.262 e. The number of hydrogen-bond donors (Lipinski definition) is 1. The molecule has 0 unspecified atom stereocenters. The molecule has 1 fully saturated rings. The Kier molecular flexibility index (Phi) is 4.53. The van der Waals surface area contributed by atoms with Crippen molar-refractivity contribution in [1.82, 2.24) is 14.8 Å². The van der Waals surface area contributed by atoms with Crippen LogP contribution in [0.1, 0.15) is 15.9 Å². The van der Waals surface area contributed by atoms with Gasteiger partial charge in [-0.1, -0.05) is 0 Å². The molecule has 0 atom stereocenters. The van der Waals surface area contributed by atoms with Crippen LogP contribution in [0.4, 0.5) is 5.69 Å². The van der Waals surface area contributed by atoms with Crippen LogP contribution in [0.15, 0.2) is 42.7 Å². The van der Waals surface area contributed by atoms with Gasteiger partial charge in [-0.25, -0.2) is 0 Å². The Morgan fingerprint density at radius 2 is 1.88 bits per heavy atom. The van der Waals surface area contributed by atoms with Gasteiger partial charge in [0.25, 0.3) is 11.8 Å². The number of fused-ring (bicyclic) bond motifs is 1. The summed E-state index contributed by atoms with van der Waals surface area (Å²) in [6, 6.07) is 9.21. The molecule has 0 spiro atoms. The lowest BCUT2D eigenvalue weighted by Crippen LogP contribution is -2.48. The van der Waals surface area contributed by atoms with Gasteiger partial charge in [-0.2, -0.15) is 0 Å². The minimum Gasteiger partial charge on any atom is -0.482 e. The van der Waals surface area contributed by atoms with E-state index in [4.69, 9.17) is 4.74 Å². The van der Waals surface area contributed by atoms with Crippen LogP contribution < -0.4 is 10.1 Å². The monoisotopic (exact) mass is 352 g/mol. The molecule has 2 aliphatic heterocycles. The van der Waals surface area contributed by atoms with Gasteiger partial charge in [0.15, 0.2) is 6.61 Å². The zero-order valence-corrected chi connectivity index (χ0v) is 14.4. The van der Waals surface area contributed by atoms with Gasteiger partial charge < -0.3 is 15.0 Å². The second-order valence-electron chi connectivity index (χ2n) is 6.47. The molecule has 134 valence electrons. The summed E-state index contributed by atoms with van der Waals surface area (Å²) in [7, 11) is 0. The number of amides is 2. The molecule has 1 saturated heterocycles. The predicted molar refractivity (Wildman–Crippen MR) is 96.0 cm³/mol. The number of carbonyl (C=O) groups is 2. The number of benzene rings is 1. The molecule has 2 aliphatic rings. The molecule has 3 heterocycles. The lowest BCUT2D eigenvalue weighted by atomic mass is 10.1. The number of anilines is 1. The Hall–Kier alpha value is -2.93. The van der Waals surface area contributed by atoms with Gasteiger partial charge in [0.05, 0.1) is 5.69 Å². The fraction of sp³-hybridized carbons (Fsp3) is 0.316. The third-order valence-corrected chi connectivity index (χ3v) is 4.67. The highest BCUT2D eigenvalue weighted by atomic mass is 16.5. The molecule has 1 aromatic heterocycles. The van der Waals surface area contributed by atoms with Crippen molar-refractivity contribution < 1.29 is 14.3 Å². The maximum Gasteiger partial charge on any atom is 0.262 e. The highest BCUT2D eigenvalue weighted by Crippen LogP contribution is 2.29. The van der Waals surface area contributed by atoms with Crippen LogP contribution in [0.5, 0.6) is 5.75 Å². The molecule has 4 rings (SSSR count). The zero-order valence-electron chi connectivity index (χ0n) is 14.4. The Bertz CT molecular complexity index is 817. The Morgan fingerprint density at radius 1 is 1.12 bits per heavy atom. The lowest BCUT2D eigenvalue weighted by Gasteiger charge is -2.35. The Morgan fingerprint density at radius 3 is 2.65 bits per heavy atom. The third kappa shape index (κ3) is 3.52. The molecular weight excluding hydrogens is 332 g/mol. The SMILES string of the molecule is O=C1COc2ccc(C(=O)N3CCN(Cc4ccncc4)CC3)cc2N1. The molecule has 2 aromatic rings. The summed E-state index contributed by atoms with van der Waals surface area (Å²) in [5.74, 6) is 0.381. The van der Waals surface area contributed by atoms with E-state index in [1.165, 1.54) is 5.56 Å². The number of nitrogens with zero attached hydrogens (tertiary/aromatic N) is 3. The zero-order chi connectivity index (χ0) is 17.9. The first kappa shape index (κ1) is 16.5. The first-order chi connectivity index (χ1) is 12.7. The molecule has 0 bridgehead atoms. The van der Waals surface area contributed by atoms with Crippen LogP contribution in [-0.2, 0) is 11.3 Å². The molecule has 7 nitrogen and oxygen atoms in total. The number of hydrogen-bond acceptors (Lipinski definition) is 5. The fourth-order valence-electron chi connectivity index (χ4n) is 3.25. The van der Waals surface area contributed by atoms with E-state index in [1.807, 2.05) is 17.0 Å². The number of ether oxygens (including phenoxy) is 1. The standard InChI is InChI=1S/C19H20N4O3/c24-18-13-26-17-2-1-15(11-16(17)21-18)19(25)23-9-7-22(8-10-23)12-14-3-5-20-6-4-14/h1-6,11H,7-10,12-13H2,(H,21,24). The average Bonchev–Trinajstić information content (AvgIpc) is 2.68. The molecular formula is C19H20N4O3. The third-order valence-electron chi connectivity index (χ3n) is 4.67. The maximum atomic E-state index is 12.8. The average molecular weight is 352 g/mol. The van der Waals surface area contributed by atoms with E-state index in [0.29, 0.717) is 30.1 Å². The lowest BCUT2D eigenvalue weighted by molar-refractivity contribution is -0.118. The second kappa shape index (κ2) is 7.13. The number of carbonyl (C=O) groups excluding carboxylic acids is 2. The summed E-state index contributed by atoms with van der Waals surface area (Å²) in [6.45, 7) is 3.91. The van der Waals surface area contributed by atoms with Crippen molar-refractivity contribution in [2.45, 2.75) is 6.54 Å². The van der Waals surface area contributed by atoms with Crippen molar-refractivity contribution in [2.75, 3.05) is 38.1 Å². The van der Waals surface area contributed by atoms with E-state index in [2.05, 4.69) is 15.2 Å². The fourth-order valence-corrected chi connectivity index (χ4v) is 3.25. The minimum atomic E-state index is -0.202. The first-order valence-corrected chi connectivity index (χ1v) is 8.66. The number of nitrogens with one attached hydrogen (secondary N) is 1. The summed E-state index contributed by atoms with van der Waals surface area (Å²) >= 11 is 0. The summed E-state index contributed by atoms with van der Waals surface area (Å²) in [5.41, 5.74) is 2.35. The van der Waals surface area contributed by atoms with Crippen molar-refractivity contribution in [3.63, 3.8) is 0 Å². The highest BCUT2D eigenvalue weighted by Gasteiger charge is 2.24. The first-order valence-electron chi connectivity index (χ1n) is 8.66. The van der Waals surface area contributed by atoms with Crippen molar-refractivity contribution in [2.24, 2.45) is 0 Å². The molecule has 7 heteroatoms. The quantitative estimate of drug-likeness (QED) is 0.903. The van der Waals surface area contributed by atoms with Gasteiger partial charge in [0.1, 0.15) is 5.75 Å². The topological polar surface area (TPSA) is 74.8 Å². The number of rotatable bonds is 3. The number of aromatic nitrogens is 1. The maximum absolute atomic E-state index is 12.8. The van der Waals surface area contributed by atoms with Crippen LogP contribution in [0.3, 0.4) is 0 Å². The van der Waals surface area contributed by atoms with Gasteiger partial charge in [0, 0.05) is 50.7 Å². The van der Waals surface area contributed by atoms with Crippen LogP contribution in [0.2, 0.25) is 0 Å². The Balaban J connectivity index is 1.38. The van der Waals surface area contributed by atoms with Crippen LogP contribution in [0, 0.1) is 0 Å². The van der Waals surface area contributed by atoms with Crippen molar-refractivity contribution >= 4 is 17.5 Å². The molecule has 0 aliphatic carbocycles. The van der Waals surface area contributed by atoms with Crippen molar-refractivity contribution in [3.05, 3.63) is 53.9 Å². The van der Waals surface area contributed by atoms with E-state index >= 15 is 0 Å². The molecule has 1 aromatic carbocycles. The van der Waals surface area contributed by atoms with Crippen molar-refractivity contribution in [3.8, 4) is 5.75 Å². The summed E-state index contributed by atoms with van der Waals surface area (Å²) in [6.07, 6.45) is 3.60. The van der Waals surface area contributed by atoms with E-state index in [-0.39, 0.29) is 18.4 Å². The molecule has 0 radical (unpaired) electrons.